The van der Waals surface area contributed by atoms with E-state index in [2.05, 4.69) is 0 Å². The van der Waals surface area contributed by atoms with Gasteiger partial charge in [0.2, 0.25) is 0 Å². The third-order valence-corrected chi connectivity index (χ3v) is 3.48. The highest BCUT2D eigenvalue weighted by molar-refractivity contribution is 6.45. The summed E-state index contributed by atoms with van der Waals surface area (Å²) in [6, 6.07) is 8.04. The lowest BCUT2D eigenvalue weighted by molar-refractivity contribution is 0.619. The number of hydrogen-bond acceptors (Lipinski definition) is 0. The predicted molar refractivity (Wildman–Crippen MR) is 71.6 cm³/mol. The first-order valence-electron chi connectivity index (χ1n) is 4.90. The summed E-state index contributed by atoms with van der Waals surface area (Å²) in [4.78, 5) is 0. The van der Waals surface area contributed by atoms with Crippen LogP contribution in [0, 0.1) is 12.7 Å². The molecule has 4 heteroatoms. The highest BCUT2D eigenvalue weighted by Crippen LogP contribution is 2.36. The van der Waals surface area contributed by atoms with Crippen LogP contribution in [-0.4, -0.2) is 0 Å². The Morgan fingerprint density at radius 2 is 1.71 bits per heavy atom. The normalized spacial score (nSPS) is 10.6. The Hall–Kier alpha value is -0.760. The molecule has 2 rings (SSSR count). The molecule has 0 saturated heterocycles. The summed E-state index contributed by atoms with van der Waals surface area (Å²) in [6.07, 6.45) is 0. The maximum atomic E-state index is 13.2. The van der Waals surface area contributed by atoms with Gasteiger partial charge in [0.05, 0.1) is 10.0 Å². The Labute approximate surface area is 114 Å². The van der Waals surface area contributed by atoms with Crippen LogP contribution in [0.1, 0.15) is 5.56 Å². The fraction of sp³-hybridized carbons (Fsp3) is 0.0769. The fourth-order valence-corrected chi connectivity index (χ4v) is 2.29. The molecule has 0 saturated carbocycles. The standard InChI is InChI=1S/C13H8Cl3F/c1-7-4-8(2-3-12(7)17)10-5-9(14)6-11(15)13(10)16/h2-6H,1H3. The van der Waals surface area contributed by atoms with Crippen LogP contribution in [0.3, 0.4) is 0 Å². The molecule has 0 radical (unpaired) electrons. The minimum atomic E-state index is -0.252. The van der Waals surface area contributed by atoms with E-state index in [4.69, 9.17) is 34.8 Å². The monoisotopic (exact) mass is 288 g/mol. The van der Waals surface area contributed by atoms with E-state index in [9.17, 15) is 4.39 Å². The number of hydrogen-bond donors (Lipinski definition) is 0. The summed E-state index contributed by atoms with van der Waals surface area (Å²) in [7, 11) is 0. The molecule has 88 valence electrons. The molecular weight excluding hydrogens is 282 g/mol. The molecule has 0 spiro atoms. The van der Waals surface area contributed by atoms with Gasteiger partial charge in [0, 0.05) is 10.6 Å². The molecule has 0 fully saturated rings. The van der Waals surface area contributed by atoms with Crippen molar-refractivity contribution in [1.29, 1.82) is 0 Å². The van der Waals surface area contributed by atoms with Crippen LogP contribution < -0.4 is 0 Å². The summed E-state index contributed by atoms with van der Waals surface area (Å²) >= 11 is 18.0. The number of halogens is 4. The maximum absolute atomic E-state index is 13.2. The number of aryl methyl sites for hydroxylation is 1. The minimum Gasteiger partial charge on any atom is -0.207 e. The first-order chi connectivity index (χ1) is 7.99. The van der Waals surface area contributed by atoms with Crippen molar-refractivity contribution >= 4 is 34.8 Å². The van der Waals surface area contributed by atoms with Gasteiger partial charge in [-0.05, 0) is 42.3 Å². The molecule has 0 unspecified atom stereocenters. The summed E-state index contributed by atoms with van der Waals surface area (Å²) in [5.74, 6) is -0.252. The Kier molecular flexibility index (Phi) is 3.62. The molecule has 2 aromatic rings. The van der Waals surface area contributed by atoms with Crippen LogP contribution in [0.2, 0.25) is 15.1 Å². The number of rotatable bonds is 1. The van der Waals surface area contributed by atoms with Gasteiger partial charge in [-0.25, -0.2) is 4.39 Å². The van der Waals surface area contributed by atoms with Crippen LogP contribution >= 0.6 is 34.8 Å². The maximum Gasteiger partial charge on any atom is 0.126 e. The van der Waals surface area contributed by atoms with Crippen LogP contribution in [0.15, 0.2) is 30.3 Å². The van der Waals surface area contributed by atoms with Crippen molar-refractivity contribution in [3.05, 3.63) is 56.8 Å². The lowest BCUT2D eigenvalue weighted by atomic mass is 10.0. The van der Waals surface area contributed by atoms with Crippen molar-refractivity contribution in [2.24, 2.45) is 0 Å². The second-order valence-electron chi connectivity index (χ2n) is 3.71. The van der Waals surface area contributed by atoms with Gasteiger partial charge in [0.15, 0.2) is 0 Å². The molecular formula is C13H8Cl3F. The molecule has 0 N–H and O–H groups in total. The largest absolute Gasteiger partial charge is 0.207 e. The average Bonchev–Trinajstić information content (AvgIpc) is 2.27. The second-order valence-corrected chi connectivity index (χ2v) is 4.93. The molecule has 0 atom stereocenters. The van der Waals surface area contributed by atoms with Gasteiger partial charge >= 0.3 is 0 Å². The topological polar surface area (TPSA) is 0 Å². The first kappa shape index (κ1) is 12.7. The van der Waals surface area contributed by atoms with Crippen LogP contribution in [0.4, 0.5) is 4.39 Å². The molecule has 0 aliphatic carbocycles. The van der Waals surface area contributed by atoms with E-state index in [1.165, 1.54) is 6.07 Å². The predicted octanol–water partition coefficient (Wildman–Crippen LogP) is 5.76. The van der Waals surface area contributed by atoms with Gasteiger partial charge < -0.3 is 0 Å². The average molecular weight is 290 g/mol. The van der Waals surface area contributed by atoms with E-state index < -0.39 is 0 Å². The van der Waals surface area contributed by atoms with E-state index in [1.807, 2.05) is 0 Å². The van der Waals surface area contributed by atoms with E-state index in [0.717, 1.165) is 5.56 Å². The highest BCUT2D eigenvalue weighted by Gasteiger charge is 2.10. The molecule has 0 heterocycles. The van der Waals surface area contributed by atoms with Crippen molar-refractivity contribution < 1.29 is 4.39 Å². The first-order valence-corrected chi connectivity index (χ1v) is 6.03. The fourth-order valence-electron chi connectivity index (χ4n) is 1.58. The third kappa shape index (κ3) is 2.57. The smallest absolute Gasteiger partial charge is 0.126 e. The quantitative estimate of drug-likeness (QED) is 0.585. The van der Waals surface area contributed by atoms with E-state index >= 15 is 0 Å². The van der Waals surface area contributed by atoms with Gasteiger partial charge in [-0.3, -0.25) is 0 Å². The zero-order valence-corrected chi connectivity index (χ0v) is 11.2. The Bertz CT molecular complexity index is 579. The zero-order chi connectivity index (χ0) is 12.6. The molecule has 0 aromatic heterocycles. The van der Waals surface area contributed by atoms with Gasteiger partial charge in [0.1, 0.15) is 5.82 Å². The molecule has 0 aliphatic heterocycles. The Balaban J connectivity index is 2.64. The molecule has 0 nitrogen and oxygen atoms in total. The van der Waals surface area contributed by atoms with Crippen molar-refractivity contribution in [3.63, 3.8) is 0 Å². The van der Waals surface area contributed by atoms with Gasteiger partial charge in [-0.15, -0.1) is 0 Å². The van der Waals surface area contributed by atoms with Gasteiger partial charge in [-0.2, -0.15) is 0 Å². The van der Waals surface area contributed by atoms with Crippen molar-refractivity contribution in [2.45, 2.75) is 6.92 Å². The van der Waals surface area contributed by atoms with Crippen LogP contribution in [0.25, 0.3) is 11.1 Å². The SMILES string of the molecule is Cc1cc(-c2cc(Cl)cc(Cl)c2Cl)ccc1F. The lowest BCUT2D eigenvalue weighted by Gasteiger charge is -2.08. The summed E-state index contributed by atoms with van der Waals surface area (Å²) in [5.41, 5.74) is 2.04. The van der Waals surface area contributed by atoms with Gasteiger partial charge in [-0.1, -0.05) is 40.9 Å². The zero-order valence-electron chi connectivity index (χ0n) is 8.90. The van der Waals surface area contributed by atoms with E-state index in [0.29, 0.717) is 26.2 Å². The summed E-state index contributed by atoms with van der Waals surface area (Å²) in [5, 5.41) is 1.30. The summed E-state index contributed by atoms with van der Waals surface area (Å²) in [6.45, 7) is 1.69. The van der Waals surface area contributed by atoms with Crippen molar-refractivity contribution in [1.82, 2.24) is 0 Å². The third-order valence-electron chi connectivity index (χ3n) is 2.46. The minimum absolute atomic E-state index is 0.252. The Morgan fingerprint density at radius 1 is 1.00 bits per heavy atom. The highest BCUT2D eigenvalue weighted by atomic mass is 35.5. The molecule has 17 heavy (non-hydrogen) atoms. The van der Waals surface area contributed by atoms with Crippen LogP contribution in [-0.2, 0) is 0 Å². The van der Waals surface area contributed by atoms with Gasteiger partial charge in [0.25, 0.3) is 0 Å². The number of benzene rings is 2. The van der Waals surface area contributed by atoms with Crippen molar-refractivity contribution in [2.75, 3.05) is 0 Å². The lowest BCUT2D eigenvalue weighted by Crippen LogP contribution is -1.86. The second kappa shape index (κ2) is 4.85. The molecule has 0 aliphatic rings. The van der Waals surface area contributed by atoms with Crippen LogP contribution in [0.5, 0.6) is 0 Å². The van der Waals surface area contributed by atoms with E-state index in [1.54, 1.807) is 31.2 Å². The molecule has 2 aromatic carbocycles. The van der Waals surface area contributed by atoms with E-state index in [-0.39, 0.29) is 5.82 Å². The molecule has 0 amide bonds. The molecule has 0 bridgehead atoms. The summed E-state index contributed by atoms with van der Waals surface area (Å²) < 4.78 is 13.2. The van der Waals surface area contributed by atoms with Crippen molar-refractivity contribution in [3.8, 4) is 11.1 Å². The Morgan fingerprint density at radius 3 is 2.35 bits per heavy atom.